The Morgan fingerprint density at radius 3 is 3.20 bits per heavy atom. The fraction of sp³-hybridized carbons (Fsp3) is 1.00. The molecule has 0 radical (unpaired) electrons. The zero-order chi connectivity index (χ0) is 6.97. The van der Waals surface area contributed by atoms with Crippen LogP contribution in [0, 0.1) is 0 Å². The Balaban J connectivity index is 1.97. The minimum absolute atomic E-state index is 0.395. The molecule has 0 aromatic carbocycles. The number of nitrogens with zero attached hydrogens (tertiary/aromatic N) is 1. The van der Waals surface area contributed by atoms with Crippen molar-refractivity contribution >= 4 is 0 Å². The zero-order valence-corrected chi connectivity index (χ0v) is 6.12. The molecule has 1 unspecified atom stereocenters. The van der Waals surface area contributed by atoms with Crippen molar-refractivity contribution in [1.82, 2.24) is 4.90 Å². The maximum Gasteiger partial charge on any atom is 0.0623 e. The molecule has 2 aliphatic heterocycles. The number of hydrogen-bond acceptors (Lipinski definition) is 3. The Morgan fingerprint density at radius 2 is 2.40 bits per heavy atom. The van der Waals surface area contributed by atoms with Crippen molar-refractivity contribution in [1.29, 1.82) is 0 Å². The molecule has 2 heterocycles. The summed E-state index contributed by atoms with van der Waals surface area (Å²) in [5.41, 5.74) is 5.80. The van der Waals surface area contributed by atoms with Crippen LogP contribution in [0.4, 0.5) is 0 Å². The van der Waals surface area contributed by atoms with Crippen LogP contribution in [-0.4, -0.2) is 43.3 Å². The molecule has 0 bridgehead atoms. The molecule has 2 aliphatic rings. The van der Waals surface area contributed by atoms with Crippen LogP contribution < -0.4 is 5.73 Å². The summed E-state index contributed by atoms with van der Waals surface area (Å²) in [6, 6.07) is 1.02. The zero-order valence-electron chi connectivity index (χ0n) is 6.12. The highest BCUT2D eigenvalue weighted by molar-refractivity contribution is 4.88. The standard InChI is InChI=1S/C7H14N2O/c8-6-3-7-5-10-2-1-9(7)4-6/h6-7H,1-5,8H2/t6-,7?/m1/s1. The van der Waals surface area contributed by atoms with Gasteiger partial charge in [0.05, 0.1) is 13.2 Å². The van der Waals surface area contributed by atoms with Gasteiger partial charge in [-0.2, -0.15) is 0 Å². The van der Waals surface area contributed by atoms with E-state index in [9.17, 15) is 0 Å². The van der Waals surface area contributed by atoms with Crippen LogP contribution in [0.5, 0.6) is 0 Å². The fourth-order valence-electron chi connectivity index (χ4n) is 1.87. The van der Waals surface area contributed by atoms with E-state index < -0.39 is 0 Å². The van der Waals surface area contributed by atoms with Crippen molar-refractivity contribution in [3.05, 3.63) is 0 Å². The van der Waals surface area contributed by atoms with E-state index in [1.165, 1.54) is 0 Å². The van der Waals surface area contributed by atoms with Crippen molar-refractivity contribution < 1.29 is 4.74 Å². The topological polar surface area (TPSA) is 38.5 Å². The van der Waals surface area contributed by atoms with E-state index in [0.717, 1.165) is 32.7 Å². The largest absolute Gasteiger partial charge is 0.378 e. The molecule has 0 amide bonds. The molecule has 3 nitrogen and oxygen atoms in total. The molecule has 2 rings (SSSR count). The maximum atomic E-state index is 5.80. The molecule has 2 saturated heterocycles. The molecule has 10 heavy (non-hydrogen) atoms. The van der Waals surface area contributed by atoms with E-state index in [-0.39, 0.29) is 0 Å². The lowest BCUT2D eigenvalue weighted by molar-refractivity contribution is 0.0128. The van der Waals surface area contributed by atoms with Crippen molar-refractivity contribution in [2.45, 2.75) is 18.5 Å². The van der Waals surface area contributed by atoms with E-state index >= 15 is 0 Å². The van der Waals surface area contributed by atoms with Gasteiger partial charge in [0.2, 0.25) is 0 Å². The smallest absolute Gasteiger partial charge is 0.0623 e. The first kappa shape index (κ1) is 6.58. The molecular formula is C7H14N2O. The molecular weight excluding hydrogens is 128 g/mol. The Labute approximate surface area is 61.1 Å². The van der Waals surface area contributed by atoms with Gasteiger partial charge in [0.25, 0.3) is 0 Å². The Bertz CT molecular complexity index is 115. The van der Waals surface area contributed by atoms with Crippen LogP contribution in [0.15, 0.2) is 0 Å². The summed E-state index contributed by atoms with van der Waals surface area (Å²) < 4.78 is 5.33. The van der Waals surface area contributed by atoms with Gasteiger partial charge in [-0.05, 0) is 6.42 Å². The summed E-state index contributed by atoms with van der Waals surface area (Å²) in [5, 5.41) is 0. The number of ether oxygens (including phenoxy) is 1. The number of morpholine rings is 1. The minimum Gasteiger partial charge on any atom is -0.378 e. The van der Waals surface area contributed by atoms with E-state index in [0.29, 0.717) is 12.1 Å². The van der Waals surface area contributed by atoms with Gasteiger partial charge in [0, 0.05) is 25.2 Å². The SMILES string of the molecule is N[C@@H]1CC2COCCN2C1. The van der Waals surface area contributed by atoms with Gasteiger partial charge in [-0.25, -0.2) is 0 Å². The van der Waals surface area contributed by atoms with Gasteiger partial charge in [-0.15, -0.1) is 0 Å². The monoisotopic (exact) mass is 142 g/mol. The van der Waals surface area contributed by atoms with Crippen LogP contribution in [0.1, 0.15) is 6.42 Å². The van der Waals surface area contributed by atoms with E-state index in [2.05, 4.69) is 4.90 Å². The number of fused-ring (bicyclic) bond motifs is 1. The Morgan fingerprint density at radius 1 is 1.50 bits per heavy atom. The lowest BCUT2D eigenvalue weighted by Crippen LogP contribution is -2.40. The van der Waals surface area contributed by atoms with E-state index in [1.54, 1.807) is 0 Å². The predicted molar refractivity (Wildman–Crippen MR) is 38.8 cm³/mol. The van der Waals surface area contributed by atoms with Crippen molar-refractivity contribution in [3.63, 3.8) is 0 Å². The molecule has 0 saturated carbocycles. The highest BCUT2D eigenvalue weighted by Gasteiger charge is 2.31. The summed E-state index contributed by atoms with van der Waals surface area (Å²) >= 11 is 0. The molecule has 2 N–H and O–H groups in total. The summed E-state index contributed by atoms with van der Waals surface area (Å²) in [4.78, 5) is 2.44. The third kappa shape index (κ3) is 1.05. The fourth-order valence-corrected chi connectivity index (χ4v) is 1.87. The van der Waals surface area contributed by atoms with Crippen molar-refractivity contribution in [2.24, 2.45) is 5.73 Å². The predicted octanol–water partition coefficient (Wildman–Crippen LogP) is -0.582. The number of hydrogen-bond donors (Lipinski definition) is 1. The van der Waals surface area contributed by atoms with Crippen molar-refractivity contribution in [2.75, 3.05) is 26.3 Å². The Hall–Kier alpha value is -0.120. The molecule has 58 valence electrons. The first-order valence-electron chi connectivity index (χ1n) is 3.93. The van der Waals surface area contributed by atoms with Gasteiger partial charge in [-0.3, -0.25) is 4.90 Å². The summed E-state index contributed by atoms with van der Waals surface area (Å²) in [7, 11) is 0. The molecule has 2 fully saturated rings. The lowest BCUT2D eigenvalue weighted by Gasteiger charge is -2.28. The first-order valence-corrected chi connectivity index (χ1v) is 3.93. The first-order chi connectivity index (χ1) is 4.86. The quantitative estimate of drug-likeness (QED) is 0.491. The Kier molecular flexibility index (Phi) is 1.64. The highest BCUT2D eigenvalue weighted by atomic mass is 16.5. The van der Waals surface area contributed by atoms with Crippen LogP contribution >= 0.6 is 0 Å². The second-order valence-corrected chi connectivity index (χ2v) is 3.22. The summed E-state index contributed by atoms with van der Waals surface area (Å²) in [6.45, 7) is 3.95. The highest BCUT2D eigenvalue weighted by Crippen LogP contribution is 2.18. The van der Waals surface area contributed by atoms with Crippen LogP contribution in [-0.2, 0) is 4.74 Å². The third-order valence-electron chi connectivity index (χ3n) is 2.39. The molecule has 2 atom stereocenters. The third-order valence-corrected chi connectivity index (χ3v) is 2.39. The lowest BCUT2D eigenvalue weighted by atomic mass is 10.2. The van der Waals surface area contributed by atoms with Crippen LogP contribution in [0.3, 0.4) is 0 Å². The summed E-state index contributed by atoms with van der Waals surface area (Å²) in [5.74, 6) is 0. The molecule has 0 aliphatic carbocycles. The molecule has 0 aromatic heterocycles. The second-order valence-electron chi connectivity index (χ2n) is 3.22. The van der Waals surface area contributed by atoms with Gasteiger partial charge >= 0.3 is 0 Å². The van der Waals surface area contributed by atoms with Crippen LogP contribution in [0.25, 0.3) is 0 Å². The van der Waals surface area contributed by atoms with Gasteiger partial charge in [0.15, 0.2) is 0 Å². The molecule has 0 spiro atoms. The molecule has 0 aromatic rings. The minimum atomic E-state index is 0.395. The average Bonchev–Trinajstić information content (AvgIpc) is 2.27. The van der Waals surface area contributed by atoms with Gasteiger partial charge in [0.1, 0.15) is 0 Å². The number of rotatable bonds is 0. The number of nitrogens with two attached hydrogens (primary N) is 1. The van der Waals surface area contributed by atoms with E-state index in [1.807, 2.05) is 0 Å². The van der Waals surface area contributed by atoms with Gasteiger partial charge < -0.3 is 10.5 Å². The average molecular weight is 142 g/mol. The molecule has 3 heteroatoms. The second kappa shape index (κ2) is 2.49. The van der Waals surface area contributed by atoms with E-state index in [4.69, 9.17) is 10.5 Å². The summed E-state index contributed by atoms with van der Waals surface area (Å²) in [6.07, 6.45) is 1.12. The maximum absolute atomic E-state index is 5.80. The normalized spacial score (nSPS) is 41.7. The van der Waals surface area contributed by atoms with Crippen LogP contribution in [0.2, 0.25) is 0 Å². The van der Waals surface area contributed by atoms with Gasteiger partial charge in [-0.1, -0.05) is 0 Å². The van der Waals surface area contributed by atoms with Crippen molar-refractivity contribution in [3.8, 4) is 0 Å².